The van der Waals surface area contributed by atoms with E-state index in [1.807, 2.05) is 25.1 Å². The predicted octanol–water partition coefficient (Wildman–Crippen LogP) is 4.64. The van der Waals surface area contributed by atoms with E-state index in [1.54, 1.807) is 30.3 Å². The largest absolute Gasteiger partial charge is 0.494 e. The lowest BCUT2D eigenvalue weighted by Crippen LogP contribution is -2.09. The number of carbonyl (C=O) groups excluding carboxylic acids is 1. The Balaban J connectivity index is 1.95. The molecule has 2 aromatic rings. The Morgan fingerprint density at radius 1 is 1.05 bits per heavy atom. The Morgan fingerprint density at radius 2 is 1.73 bits per heavy atom. The Kier molecular flexibility index (Phi) is 5.59. The van der Waals surface area contributed by atoms with Crippen molar-refractivity contribution < 1.29 is 14.3 Å². The second kappa shape index (κ2) is 7.64. The molecule has 0 spiro atoms. The number of para-hydroxylation sites is 1. The van der Waals surface area contributed by atoms with Crippen LogP contribution in [0, 0.1) is 12.8 Å². The van der Waals surface area contributed by atoms with Crippen LogP contribution in [0.3, 0.4) is 0 Å². The average molecular weight is 298 g/mol. The zero-order valence-corrected chi connectivity index (χ0v) is 13.3. The maximum atomic E-state index is 12.1. The average Bonchev–Trinajstić information content (AvgIpc) is 2.50. The van der Waals surface area contributed by atoms with E-state index in [-0.39, 0.29) is 5.97 Å². The van der Waals surface area contributed by atoms with E-state index in [9.17, 15) is 4.79 Å². The van der Waals surface area contributed by atoms with Gasteiger partial charge in [0.25, 0.3) is 0 Å². The van der Waals surface area contributed by atoms with Crippen molar-refractivity contribution in [1.82, 2.24) is 0 Å². The van der Waals surface area contributed by atoms with Crippen molar-refractivity contribution in [3.05, 3.63) is 59.7 Å². The highest BCUT2D eigenvalue weighted by molar-refractivity contribution is 5.91. The first-order valence-electron chi connectivity index (χ1n) is 7.57. The van der Waals surface area contributed by atoms with E-state index < -0.39 is 0 Å². The Hall–Kier alpha value is -2.29. The minimum absolute atomic E-state index is 0.358. The summed E-state index contributed by atoms with van der Waals surface area (Å²) >= 11 is 0. The number of carbonyl (C=O) groups is 1. The highest BCUT2D eigenvalue weighted by Crippen LogP contribution is 2.19. The molecule has 0 aromatic heterocycles. The van der Waals surface area contributed by atoms with Crippen molar-refractivity contribution in [3.8, 4) is 11.5 Å². The highest BCUT2D eigenvalue weighted by atomic mass is 16.5. The molecule has 0 aliphatic heterocycles. The first-order valence-corrected chi connectivity index (χ1v) is 7.57. The van der Waals surface area contributed by atoms with Gasteiger partial charge in [0.2, 0.25) is 0 Å². The molecular formula is C19H22O3. The molecule has 0 N–H and O–H groups in total. The van der Waals surface area contributed by atoms with E-state index in [0.29, 0.717) is 23.8 Å². The molecule has 3 heteroatoms. The normalized spacial score (nSPS) is 10.5. The number of rotatable bonds is 6. The third-order valence-corrected chi connectivity index (χ3v) is 3.35. The van der Waals surface area contributed by atoms with Gasteiger partial charge in [0.15, 0.2) is 0 Å². The molecule has 0 saturated carbocycles. The fourth-order valence-electron chi connectivity index (χ4n) is 1.93. The van der Waals surface area contributed by atoms with Crippen molar-refractivity contribution in [2.24, 2.45) is 5.92 Å². The van der Waals surface area contributed by atoms with Crippen molar-refractivity contribution >= 4 is 5.97 Å². The first-order chi connectivity index (χ1) is 10.6. The van der Waals surface area contributed by atoms with Gasteiger partial charge in [-0.2, -0.15) is 0 Å². The smallest absolute Gasteiger partial charge is 0.343 e. The van der Waals surface area contributed by atoms with Gasteiger partial charge in [-0.25, -0.2) is 4.79 Å². The van der Waals surface area contributed by atoms with Crippen LogP contribution in [-0.4, -0.2) is 12.6 Å². The molecule has 0 bridgehead atoms. The van der Waals surface area contributed by atoms with Gasteiger partial charge in [-0.3, -0.25) is 0 Å². The van der Waals surface area contributed by atoms with Crippen LogP contribution < -0.4 is 9.47 Å². The lowest BCUT2D eigenvalue weighted by molar-refractivity contribution is 0.0733. The van der Waals surface area contributed by atoms with Gasteiger partial charge >= 0.3 is 5.97 Å². The summed E-state index contributed by atoms with van der Waals surface area (Å²) in [5.41, 5.74) is 1.45. The van der Waals surface area contributed by atoms with Crippen molar-refractivity contribution in [1.29, 1.82) is 0 Å². The van der Waals surface area contributed by atoms with Crippen molar-refractivity contribution in [2.75, 3.05) is 6.61 Å². The molecule has 0 saturated heterocycles. The number of esters is 1. The Labute approximate surface area is 131 Å². The molecule has 0 amide bonds. The zero-order chi connectivity index (χ0) is 15.9. The van der Waals surface area contributed by atoms with Gasteiger partial charge in [-0.1, -0.05) is 32.0 Å². The molecule has 0 atom stereocenters. The summed E-state index contributed by atoms with van der Waals surface area (Å²) in [4.78, 5) is 12.1. The summed E-state index contributed by atoms with van der Waals surface area (Å²) in [6, 6.07) is 14.5. The number of hydrogen-bond donors (Lipinski definition) is 0. The summed E-state index contributed by atoms with van der Waals surface area (Å²) in [6.07, 6.45) is 1.01. The monoisotopic (exact) mass is 298 g/mol. The van der Waals surface area contributed by atoms with Crippen LogP contribution in [0.15, 0.2) is 48.5 Å². The van der Waals surface area contributed by atoms with Crippen LogP contribution in [0.4, 0.5) is 0 Å². The highest BCUT2D eigenvalue weighted by Gasteiger charge is 2.10. The Bertz CT molecular complexity index is 615. The van der Waals surface area contributed by atoms with Crippen molar-refractivity contribution in [3.63, 3.8) is 0 Å². The third kappa shape index (κ3) is 4.62. The number of benzene rings is 2. The van der Waals surface area contributed by atoms with Crippen LogP contribution in [0.25, 0.3) is 0 Å². The standard InChI is InChI=1S/C19H22O3/c1-14(2)12-13-21-17-10-8-16(9-11-17)19(20)22-18-7-5-4-6-15(18)3/h4-11,14H,12-13H2,1-3H3. The van der Waals surface area contributed by atoms with Gasteiger partial charge in [0.1, 0.15) is 11.5 Å². The van der Waals surface area contributed by atoms with Gasteiger partial charge in [0.05, 0.1) is 12.2 Å². The molecule has 0 unspecified atom stereocenters. The summed E-state index contributed by atoms with van der Waals surface area (Å²) < 4.78 is 11.0. The SMILES string of the molecule is Cc1ccccc1OC(=O)c1ccc(OCCC(C)C)cc1. The van der Waals surface area contributed by atoms with Crippen LogP contribution in [0.1, 0.15) is 36.2 Å². The minimum Gasteiger partial charge on any atom is -0.494 e. The molecule has 0 aliphatic carbocycles. The van der Waals surface area contributed by atoms with Crippen LogP contribution >= 0.6 is 0 Å². The van der Waals surface area contributed by atoms with Crippen molar-refractivity contribution in [2.45, 2.75) is 27.2 Å². The summed E-state index contributed by atoms with van der Waals surface area (Å²) in [7, 11) is 0. The van der Waals surface area contributed by atoms with Gasteiger partial charge in [-0.15, -0.1) is 0 Å². The lowest BCUT2D eigenvalue weighted by atomic mass is 10.1. The summed E-state index contributed by atoms with van der Waals surface area (Å²) in [5, 5.41) is 0. The van der Waals surface area contributed by atoms with Crippen LogP contribution in [0.5, 0.6) is 11.5 Å². The molecule has 0 radical (unpaired) electrons. The van der Waals surface area contributed by atoms with Gasteiger partial charge in [0, 0.05) is 0 Å². The molecule has 3 nitrogen and oxygen atoms in total. The third-order valence-electron chi connectivity index (χ3n) is 3.35. The van der Waals surface area contributed by atoms with E-state index >= 15 is 0 Å². The number of aryl methyl sites for hydroxylation is 1. The molecule has 0 heterocycles. The first kappa shape index (κ1) is 16.1. The quantitative estimate of drug-likeness (QED) is 0.575. The topological polar surface area (TPSA) is 35.5 Å². The second-order valence-electron chi connectivity index (χ2n) is 5.71. The summed E-state index contributed by atoms with van der Waals surface area (Å²) in [6.45, 7) is 6.92. The fourth-order valence-corrected chi connectivity index (χ4v) is 1.93. The number of ether oxygens (including phenoxy) is 2. The van der Waals surface area contributed by atoms with Gasteiger partial charge < -0.3 is 9.47 Å². The molecule has 2 aromatic carbocycles. The molecule has 22 heavy (non-hydrogen) atoms. The van der Waals surface area contributed by atoms with E-state index in [0.717, 1.165) is 17.7 Å². The molecule has 0 fully saturated rings. The molecular weight excluding hydrogens is 276 g/mol. The van der Waals surface area contributed by atoms with Crippen LogP contribution in [0.2, 0.25) is 0 Å². The molecule has 0 aliphatic rings. The minimum atomic E-state index is -0.358. The van der Waals surface area contributed by atoms with E-state index in [2.05, 4.69) is 13.8 Å². The second-order valence-corrected chi connectivity index (χ2v) is 5.71. The summed E-state index contributed by atoms with van der Waals surface area (Å²) in [5.74, 6) is 1.62. The van der Waals surface area contributed by atoms with Gasteiger partial charge in [-0.05, 0) is 55.2 Å². The molecule has 2 rings (SSSR count). The Morgan fingerprint density at radius 3 is 2.36 bits per heavy atom. The van der Waals surface area contributed by atoms with E-state index in [1.165, 1.54) is 0 Å². The maximum Gasteiger partial charge on any atom is 0.343 e. The van der Waals surface area contributed by atoms with Crippen LogP contribution in [-0.2, 0) is 0 Å². The fraction of sp³-hybridized carbons (Fsp3) is 0.316. The number of hydrogen-bond acceptors (Lipinski definition) is 3. The zero-order valence-electron chi connectivity index (χ0n) is 13.3. The molecule has 116 valence electrons. The maximum absolute atomic E-state index is 12.1. The lowest BCUT2D eigenvalue weighted by Gasteiger charge is -2.09. The van der Waals surface area contributed by atoms with E-state index in [4.69, 9.17) is 9.47 Å². The predicted molar refractivity (Wildman–Crippen MR) is 87.5 cm³/mol.